The van der Waals surface area contributed by atoms with Gasteiger partial charge < -0.3 is 14.2 Å². The van der Waals surface area contributed by atoms with Crippen LogP contribution in [0.1, 0.15) is 21.7 Å². The maximum atomic E-state index is 12.8. The van der Waals surface area contributed by atoms with E-state index in [0.29, 0.717) is 37.6 Å². The number of amides is 2. The van der Waals surface area contributed by atoms with Crippen LogP contribution in [0.4, 0.5) is 0 Å². The molecule has 0 spiro atoms. The molecule has 0 N–H and O–H groups in total. The summed E-state index contributed by atoms with van der Waals surface area (Å²) in [5.74, 6) is 0.455. The molecule has 1 fully saturated rings. The SMILES string of the molecule is Cc1ccc(-n2ncc3c(SCC(=O)N4CCN(C(=O)c5ccco5)CC4)ncnc32)cc1C. The van der Waals surface area contributed by atoms with E-state index < -0.39 is 0 Å². The van der Waals surface area contributed by atoms with Gasteiger partial charge in [-0.05, 0) is 49.2 Å². The Morgan fingerprint density at radius 2 is 1.82 bits per heavy atom. The number of aromatic nitrogens is 4. The van der Waals surface area contributed by atoms with Crippen LogP contribution in [0.2, 0.25) is 0 Å². The first-order valence-electron chi connectivity index (χ1n) is 11.0. The number of furan rings is 1. The predicted molar refractivity (Wildman–Crippen MR) is 128 cm³/mol. The molecule has 5 rings (SSSR count). The van der Waals surface area contributed by atoms with Crippen LogP contribution in [-0.2, 0) is 4.79 Å². The van der Waals surface area contributed by atoms with Crippen molar-refractivity contribution in [3.05, 3.63) is 66.0 Å². The first-order valence-corrected chi connectivity index (χ1v) is 12.0. The molecule has 0 bridgehead atoms. The van der Waals surface area contributed by atoms with Crippen molar-refractivity contribution in [1.82, 2.24) is 29.5 Å². The van der Waals surface area contributed by atoms with Crippen LogP contribution < -0.4 is 0 Å². The molecule has 174 valence electrons. The van der Waals surface area contributed by atoms with Gasteiger partial charge in [0.1, 0.15) is 11.4 Å². The van der Waals surface area contributed by atoms with Crippen molar-refractivity contribution in [1.29, 1.82) is 0 Å². The minimum atomic E-state index is -0.143. The van der Waals surface area contributed by atoms with E-state index in [9.17, 15) is 9.59 Å². The van der Waals surface area contributed by atoms with E-state index >= 15 is 0 Å². The lowest BCUT2D eigenvalue weighted by molar-refractivity contribution is -0.129. The molecule has 0 aliphatic carbocycles. The van der Waals surface area contributed by atoms with Gasteiger partial charge in [-0.25, -0.2) is 14.6 Å². The number of rotatable bonds is 5. The first-order chi connectivity index (χ1) is 16.5. The van der Waals surface area contributed by atoms with Crippen LogP contribution in [0.5, 0.6) is 0 Å². The average molecular weight is 477 g/mol. The van der Waals surface area contributed by atoms with Crippen molar-refractivity contribution in [2.45, 2.75) is 18.9 Å². The average Bonchev–Trinajstić information content (AvgIpc) is 3.55. The first kappa shape index (κ1) is 22.1. The lowest BCUT2D eigenvalue weighted by Gasteiger charge is -2.34. The van der Waals surface area contributed by atoms with Crippen LogP contribution in [0.25, 0.3) is 16.7 Å². The molecule has 0 unspecified atom stereocenters. The highest BCUT2D eigenvalue weighted by atomic mass is 32.2. The zero-order valence-corrected chi connectivity index (χ0v) is 19.8. The van der Waals surface area contributed by atoms with Crippen molar-refractivity contribution >= 4 is 34.6 Å². The number of hydrogen-bond acceptors (Lipinski definition) is 7. The number of piperazine rings is 1. The number of aryl methyl sites for hydroxylation is 2. The van der Waals surface area contributed by atoms with E-state index in [4.69, 9.17) is 4.42 Å². The number of fused-ring (bicyclic) bond motifs is 1. The molecule has 34 heavy (non-hydrogen) atoms. The molecule has 10 heteroatoms. The molecule has 4 aromatic rings. The van der Waals surface area contributed by atoms with Crippen molar-refractivity contribution in [3.63, 3.8) is 0 Å². The smallest absolute Gasteiger partial charge is 0.289 e. The van der Waals surface area contributed by atoms with Gasteiger partial charge in [-0.15, -0.1) is 0 Å². The van der Waals surface area contributed by atoms with Crippen molar-refractivity contribution < 1.29 is 14.0 Å². The second-order valence-corrected chi connectivity index (χ2v) is 9.14. The molecule has 0 atom stereocenters. The molecule has 4 heterocycles. The number of hydrogen-bond donors (Lipinski definition) is 0. The number of benzene rings is 1. The fourth-order valence-electron chi connectivity index (χ4n) is 3.92. The topological polar surface area (TPSA) is 97.4 Å². The van der Waals surface area contributed by atoms with Gasteiger partial charge in [-0.3, -0.25) is 9.59 Å². The van der Waals surface area contributed by atoms with E-state index in [1.54, 1.807) is 32.8 Å². The Morgan fingerprint density at radius 1 is 1.03 bits per heavy atom. The molecule has 2 amide bonds. The monoisotopic (exact) mass is 476 g/mol. The largest absolute Gasteiger partial charge is 0.459 e. The molecule has 1 saturated heterocycles. The van der Waals surface area contributed by atoms with Crippen LogP contribution in [0.15, 0.2) is 58.6 Å². The standard InChI is InChI=1S/C24H24N6O3S/c1-16-5-6-18(12-17(16)2)30-22-19(13-27-30)23(26-15-25-22)34-14-21(31)28-7-9-29(10-8-28)24(32)20-4-3-11-33-20/h3-6,11-13,15H,7-10,14H2,1-2H3. The Morgan fingerprint density at radius 3 is 2.56 bits per heavy atom. The van der Waals surface area contributed by atoms with Gasteiger partial charge in [-0.2, -0.15) is 5.10 Å². The second kappa shape index (κ2) is 9.30. The van der Waals surface area contributed by atoms with Crippen LogP contribution in [-0.4, -0.2) is 73.3 Å². The third kappa shape index (κ3) is 4.28. The number of carbonyl (C=O) groups is 2. The Balaban J connectivity index is 1.23. The summed E-state index contributed by atoms with van der Waals surface area (Å²) in [4.78, 5) is 37.6. The highest BCUT2D eigenvalue weighted by Gasteiger charge is 2.26. The summed E-state index contributed by atoms with van der Waals surface area (Å²) < 4.78 is 6.99. The molecule has 0 saturated carbocycles. The summed E-state index contributed by atoms with van der Waals surface area (Å²) >= 11 is 1.38. The van der Waals surface area contributed by atoms with Gasteiger partial charge in [0, 0.05) is 26.2 Å². The molecule has 1 aliphatic heterocycles. The van der Waals surface area contributed by atoms with E-state index in [1.807, 2.05) is 6.07 Å². The highest BCUT2D eigenvalue weighted by molar-refractivity contribution is 8.00. The van der Waals surface area contributed by atoms with Gasteiger partial charge in [0.2, 0.25) is 5.91 Å². The van der Waals surface area contributed by atoms with Crippen LogP contribution in [0, 0.1) is 13.8 Å². The molecular formula is C24H24N6O3S. The maximum absolute atomic E-state index is 12.8. The predicted octanol–water partition coefficient (Wildman–Crippen LogP) is 3.10. The third-order valence-electron chi connectivity index (χ3n) is 6.05. The Kier molecular flexibility index (Phi) is 6.06. The summed E-state index contributed by atoms with van der Waals surface area (Å²) in [6, 6.07) is 9.51. The van der Waals surface area contributed by atoms with Crippen molar-refractivity contribution in [3.8, 4) is 5.69 Å². The number of carbonyl (C=O) groups excluding carboxylic acids is 2. The third-order valence-corrected chi connectivity index (χ3v) is 7.04. The van der Waals surface area contributed by atoms with Crippen molar-refractivity contribution in [2.24, 2.45) is 0 Å². The number of nitrogens with zero attached hydrogens (tertiary/aromatic N) is 6. The lowest BCUT2D eigenvalue weighted by Crippen LogP contribution is -2.51. The molecule has 0 radical (unpaired) electrons. The number of thioether (sulfide) groups is 1. The Bertz CT molecular complexity index is 1340. The molecule has 1 aromatic carbocycles. The van der Waals surface area contributed by atoms with E-state index in [0.717, 1.165) is 16.1 Å². The zero-order chi connectivity index (χ0) is 23.7. The minimum Gasteiger partial charge on any atom is -0.459 e. The lowest BCUT2D eigenvalue weighted by atomic mass is 10.1. The van der Waals surface area contributed by atoms with Gasteiger partial charge in [-0.1, -0.05) is 17.8 Å². The summed E-state index contributed by atoms with van der Waals surface area (Å²) in [6.45, 7) is 6.10. The van der Waals surface area contributed by atoms with Gasteiger partial charge in [0.25, 0.3) is 5.91 Å². The zero-order valence-electron chi connectivity index (χ0n) is 19.0. The quantitative estimate of drug-likeness (QED) is 0.322. The van der Waals surface area contributed by atoms with E-state index in [1.165, 1.54) is 35.5 Å². The van der Waals surface area contributed by atoms with Crippen LogP contribution >= 0.6 is 11.8 Å². The van der Waals surface area contributed by atoms with Gasteiger partial charge in [0.15, 0.2) is 11.4 Å². The van der Waals surface area contributed by atoms with Crippen LogP contribution in [0.3, 0.4) is 0 Å². The molecule has 3 aromatic heterocycles. The normalized spacial score (nSPS) is 14.1. The second-order valence-electron chi connectivity index (χ2n) is 8.18. The fourth-order valence-corrected chi connectivity index (χ4v) is 4.78. The molecular weight excluding hydrogens is 452 g/mol. The minimum absolute atomic E-state index is 0.0170. The Hall–Kier alpha value is -3.66. The summed E-state index contributed by atoms with van der Waals surface area (Å²) in [5, 5.41) is 6.05. The summed E-state index contributed by atoms with van der Waals surface area (Å²) in [7, 11) is 0. The maximum Gasteiger partial charge on any atom is 0.289 e. The molecule has 1 aliphatic rings. The van der Waals surface area contributed by atoms with E-state index in [-0.39, 0.29) is 17.6 Å². The van der Waals surface area contributed by atoms with Gasteiger partial charge >= 0.3 is 0 Å². The van der Waals surface area contributed by atoms with Crippen molar-refractivity contribution in [2.75, 3.05) is 31.9 Å². The van der Waals surface area contributed by atoms with E-state index in [2.05, 4.69) is 41.0 Å². The molecule has 9 nitrogen and oxygen atoms in total. The summed E-state index contributed by atoms with van der Waals surface area (Å²) in [5.41, 5.74) is 4.04. The highest BCUT2D eigenvalue weighted by Crippen LogP contribution is 2.26. The van der Waals surface area contributed by atoms with Gasteiger partial charge in [0.05, 0.1) is 29.3 Å². The Labute approximate surface area is 200 Å². The summed E-state index contributed by atoms with van der Waals surface area (Å²) in [6.07, 6.45) is 4.74. The fraction of sp³-hybridized carbons (Fsp3) is 0.292.